The SMILES string of the molecule is O=C(C[C@H]1CCCCN1S(=O)(=O)c1ccc(Cl)cc1)Nc1ccc2c(c1)OCO2. The number of rotatable bonds is 5. The van der Waals surface area contributed by atoms with Gasteiger partial charge < -0.3 is 14.8 Å². The topological polar surface area (TPSA) is 84.9 Å². The van der Waals surface area contributed by atoms with Crippen LogP contribution in [-0.2, 0) is 14.8 Å². The number of ether oxygens (including phenoxy) is 2. The maximum absolute atomic E-state index is 13.1. The van der Waals surface area contributed by atoms with Gasteiger partial charge in [0.2, 0.25) is 22.7 Å². The number of fused-ring (bicyclic) bond motifs is 1. The predicted molar refractivity (Wildman–Crippen MR) is 109 cm³/mol. The van der Waals surface area contributed by atoms with Crippen molar-refractivity contribution >= 4 is 33.2 Å². The fraction of sp³-hybridized carbons (Fsp3) is 0.350. The van der Waals surface area contributed by atoms with Gasteiger partial charge in [-0.3, -0.25) is 4.79 Å². The largest absolute Gasteiger partial charge is 0.454 e. The van der Waals surface area contributed by atoms with Gasteiger partial charge in [-0.25, -0.2) is 8.42 Å². The highest BCUT2D eigenvalue weighted by Crippen LogP contribution is 2.34. The third-order valence-corrected chi connectivity index (χ3v) is 7.29. The van der Waals surface area contributed by atoms with Crippen molar-refractivity contribution in [2.75, 3.05) is 18.7 Å². The zero-order valence-corrected chi connectivity index (χ0v) is 17.2. The number of carbonyl (C=O) groups excluding carboxylic acids is 1. The van der Waals surface area contributed by atoms with Crippen molar-refractivity contribution in [3.63, 3.8) is 0 Å². The number of nitrogens with one attached hydrogen (secondary N) is 1. The highest BCUT2D eigenvalue weighted by molar-refractivity contribution is 7.89. The summed E-state index contributed by atoms with van der Waals surface area (Å²) < 4.78 is 38.2. The summed E-state index contributed by atoms with van der Waals surface area (Å²) in [5, 5.41) is 3.30. The summed E-state index contributed by atoms with van der Waals surface area (Å²) in [6.45, 7) is 0.555. The van der Waals surface area contributed by atoms with Crippen LogP contribution in [0.15, 0.2) is 47.4 Å². The first kappa shape index (κ1) is 20.0. The van der Waals surface area contributed by atoms with Crippen LogP contribution in [0.3, 0.4) is 0 Å². The number of carbonyl (C=O) groups is 1. The van der Waals surface area contributed by atoms with E-state index in [4.69, 9.17) is 21.1 Å². The Kier molecular flexibility index (Phi) is 5.67. The van der Waals surface area contributed by atoms with Crippen LogP contribution in [-0.4, -0.2) is 38.0 Å². The fourth-order valence-electron chi connectivity index (χ4n) is 3.64. The van der Waals surface area contributed by atoms with Crippen LogP contribution in [0.4, 0.5) is 5.69 Å². The zero-order valence-electron chi connectivity index (χ0n) is 15.6. The molecule has 0 spiro atoms. The third kappa shape index (κ3) is 4.34. The summed E-state index contributed by atoms with van der Waals surface area (Å²) in [6.07, 6.45) is 2.38. The van der Waals surface area contributed by atoms with Crippen LogP contribution in [0.25, 0.3) is 0 Å². The van der Waals surface area contributed by atoms with Crippen LogP contribution < -0.4 is 14.8 Å². The van der Waals surface area contributed by atoms with E-state index < -0.39 is 16.1 Å². The standard InChI is InChI=1S/C20H21ClN2O5S/c21-14-4-7-17(8-5-14)29(25,26)23-10-2-1-3-16(23)12-20(24)22-15-6-9-18-19(11-15)28-13-27-18/h4-9,11,16H,1-3,10,12-13H2,(H,22,24)/t16-/m1/s1. The predicted octanol–water partition coefficient (Wildman–Crippen LogP) is 3.64. The Morgan fingerprint density at radius 1 is 1.10 bits per heavy atom. The van der Waals surface area contributed by atoms with Crippen molar-refractivity contribution in [3.8, 4) is 11.5 Å². The molecule has 1 fully saturated rings. The molecule has 2 aromatic carbocycles. The first-order valence-electron chi connectivity index (χ1n) is 9.40. The van der Waals surface area contributed by atoms with E-state index in [0.29, 0.717) is 35.2 Å². The fourth-order valence-corrected chi connectivity index (χ4v) is 5.46. The number of hydrogen-bond donors (Lipinski definition) is 1. The molecule has 2 heterocycles. The van der Waals surface area contributed by atoms with Crippen molar-refractivity contribution in [2.24, 2.45) is 0 Å². The van der Waals surface area contributed by atoms with E-state index in [1.807, 2.05) is 0 Å². The molecule has 0 radical (unpaired) electrons. The Morgan fingerprint density at radius 2 is 1.86 bits per heavy atom. The second-order valence-electron chi connectivity index (χ2n) is 7.04. The van der Waals surface area contributed by atoms with Gasteiger partial charge in [0.05, 0.1) is 4.90 Å². The van der Waals surface area contributed by atoms with Crippen LogP contribution in [0.5, 0.6) is 11.5 Å². The van der Waals surface area contributed by atoms with Crippen molar-refractivity contribution in [3.05, 3.63) is 47.5 Å². The second kappa shape index (κ2) is 8.22. The molecule has 29 heavy (non-hydrogen) atoms. The number of piperidine rings is 1. The number of halogens is 1. The minimum absolute atomic E-state index is 0.0846. The summed E-state index contributed by atoms with van der Waals surface area (Å²) in [4.78, 5) is 12.8. The molecular formula is C20H21ClN2O5S. The van der Waals surface area contributed by atoms with Crippen molar-refractivity contribution in [1.82, 2.24) is 4.31 Å². The molecule has 1 saturated heterocycles. The maximum Gasteiger partial charge on any atom is 0.243 e. The molecule has 0 bridgehead atoms. The van der Waals surface area contributed by atoms with Gasteiger partial charge in [0.25, 0.3) is 0 Å². The molecular weight excluding hydrogens is 416 g/mol. The minimum atomic E-state index is -3.70. The van der Waals surface area contributed by atoms with Crippen molar-refractivity contribution in [1.29, 1.82) is 0 Å². The molecule has 1 amide bonds. The van der Waals surface area contributed by atoms with Crippen molar-refractivity contribution in [2.45, 2.75) is 36.6 Å². The van der Waals surface area contributed by atoms with E-state index in [1.165, 1.54) is 16.4 Å². The normalized spacial score (nSPS) is 19.1. The van der Waals surface area contributed by atoms with Gasteiger partial charge >= 0.3 is 0 Å². The monoisotopic (exact) mass is 436 g/mol. The zero-order chi connectivity index (χ0) is 20.4. The summed E-state index contributed by atoms with van der Waals surface area (Å²) in [5.74, 6) is 0.968. The lowest BCUT2D eigenvalue weighted by atomic mass is 10.0. The van der Waals surface area contributed by atoms with Gasteiger partial charge in [0, 0.05) is 35.8 Å². The first-order valence-corrected chi connectivity index (χ1v) is 11.2. The van der Waals surface area contributed by atoms with Crippen LogP contribution in [0, 0.1) is 0 Å². The molecule has 7 nitrogen and oxygen atoms in total. The summed E-state index contributed by atoms with van der Waals surface area (Å²) in [5.41, 5.74) is 0.585. The molecule has 0 aromatic heterocycles. The van der Waals surface area contributed by atoms with Gasteiger partial charge in [-0.05, 0) is 49.2 Å². The van der Waals surface area contributed by atoms with E-state index in [2.05, 4.69) is 5.32 Å². The second-order valence-corrected chi connectivity index (χ2v) is 9.37. The summed E-state index contributed by atoms with van der Waals surface area (Å²) in [6, 6.07) is 10.9. The number of anilines is 1. The smallest absolute Gasteiger partial charge is 0.243 e. The molecule has 1 N–H and O–H groups in total. The molecule has 9 heteroatoms. The highest BCUT2D eigenvalue weighted by Gasteiger charge is 2.34. The summed E-state index contributed by atoms with van der Waals surface area (Å²) >= 11 is 5.88. The number of sulfonamides is 1. The van der Waals surface area contributed by atoms with E-state index in [1.54, 1.807) is 30.3 Å². The number of hydrogen-bond acceptors (Lipinski definition) is 5. The molecule has 154 valence electrons. The molecule has 0 unspecified atom stereocenters. The highest BCUT2D eigenvalue weighted by atomic mass is 35.5. The molecule has 4 rings (SSSR count). The average molecular weight is 437 g/mol. The summed E-state index contributed by atoms with van der Waals surface area (Å²) in [7, 11) is -3.70. The van der Waals surface area contributed by atoms with Gasteiger partial charge in [-0.1, -0.05) is 18.0 Å². The van der Waals surface area contributed by atoms with Gasteiger partial charge in [-0.2, -0.15) is 4.31 Å². The van der Waals surface area contributed by atoms with Gasteiger partial charge in [0.15, 0.2) is 11.5 Å². The number of amides is 1. The molecule has 2 aliphatic heterocycles. The Hall–Kier alpha value is -2.29. The first-order chi connectivity index (χ1) is 13.9. The Morgan fingerprint density at radius 3 is 2.66 bits per heavy atom. The Bertz CT molecular complexity index is 1010. The van der Waals surface area contributed by atoms with E-state index in [9.17, 15) is 13.2 Å². The van der Waals surface area contributed by atoms with Crippen LogP contribution >= 0.6 is 11.6 Å². The van der Waals surface area contributed by atoms with E-state index >= 15 is 0 Å². The average Bonchev–Trinajstić information content (AvgIpc) is 3.16. The van der Waals surface area contributed by atoms with E-state index in [-0.39, 0.29) is 24.0 Å². The lowest BCUT2D eigenvalue weighted by Crippen LogP contribution is -2.45. The molecule has 2 aliphatic rings. The molecule has 1 atom stereocenters. The van der Waals surface area contributed by atoms with E-state index in [0.717, 1.165) is 12.8 Å². The molecule has 0 aliphatic carbocycles. The van der Waals surface area contributed by atoms with Gasteiger partial charge in [-0.15, -0.1) is 0 Å². The minimum Gasteiger partial charge on any atom is -0.454 e. The van der Waals surface area contributed by atoms with Crippen LogP contribution in [0.2, 0.25) is 5.02 Å². The van der Waals surface area contributed by atoms with Gasteiger partial charge in [0.1, 0.15) is 0 Å². The van der Waals surface area contributed by atoms with Crippen LogP contribution in [0.1, 0.15) is 25.7 Å². The van der Waals surface area contributed by atoms with Crippen molar-refractivity contribution < 1.29 is 22.7 Å². The Balaban J connectivity index is 1.47. The maximum atomic E-state index is 13.1. The number of benzene rings is 2. The third-order valence-electron chi connectivity index (χ3n) is 5.07. The number of nitrogens with zero attached hydrogens (tertiary/aromatic N) is 1. The lowest BCUT2D eigenvalue weighted by Gasteiger charge is -2.34. The quantitative estimate of drug-likeness (QED) is 0.773. The molecule has 2 aromatic rings. The molecule has 0 saturated carbocycles. The lowest BCUT2D eigenvalue weighted by molar-refractivity contribution is -0.117. The Labute approximate surface area is 174 Å².